The molecular formula is C17H18FNO. The minimum atomic E-state index is -0.197. The first-order valence-electron chi connectivity index (χ1n) is 7.00. The van der Waals surface area contributed by atoms with E-state index < -0.39 is 0 Å². The van der Waals surface area contributed by atoms with E-state index in [9.17, 15) is 4.39 Å². The average Bonchev–Trinajstić information content (AvgIpc) is 2.88. The molecule has 3 heteroatoms. The lowest BCUT2D eigenvalue weighted by Crippen LogP contribution is -2.28. The van der Waals surface area contributed by atoms with Crippen molar-refractivity contribution in [3.8, 4) is 5.75 Å². The van der Waals surface area contributed by atoms with Gasteiger partial charge in [-0.2, -0.15) is 0 Å². The van der Waals surface area contributed by atoms with Gasteiger partial charge in [0.2, 0.25) is 0 Å². The molecule has 20 heavy (non-hydrogen) atoms. The largest absolute Gasteiger partial charge is 0.493 e. The molecule has 3 rings (SSSR count). The number of ether oxygens (including phenoxy) is 1. The molecule has 0 aromatic heterocycles. The van der Waals surface area contributed by atoms with E-state index in [1.165, 1.54) is 11.6 Å². The molecule has 2 unspecified atom stereocenters. The first-order chi connectivity index (χ1) is 9.79. The number of hydrogen-bond acceptors (Lipinski definition) is 2. The molecule has 0 saturated carbocycles. The Morgan fingerprint density at radius 2 is 2.10 bits per heavy atom. The summed E-state index contributed by atoms with van der Waals surface area (Å²) < 4.78 is 19.2. The van der Waals surface area contributed by atoms with E-state index in [-0.39, 0.29) is 17.8 Å². The number of halogens is 1. The van der Waals surface area contributed by atoms with Crippen molar-refractivity contribution in [1.29, 1.82) is 0 Å². The van der Waals surface area contributed by atoms with Crippen molar-refractivity contribution >= 4 is 0 Å². The smallest absolute Gasteiger partial charge is 0.123 e. The highest BCUT2D eigenvalue weighted by Gasteiger charge is 2.31. The Bertz CT molecular complexity index is 599. The predicted molar refractivity (Wildman–Crippen MR) is 77.5 cm³/mol. The third-order valence-electron chi connectivity index (χ3n) is 3.77. The van der Waals surface area contributed by atoms with E-state index in [0.717, 1.165) is 17.9 Å². The Kier molecular flexibility index (Phi) is 3.70. The fourth-order valence-corrected chi connectivity index (χ4v) is 2.88. The van der Waals surface area contributed by atoms with Gasteiger partial charge in [0.1, 0.15) is 11.6 Å². The van der Waals surface area contributed by atoms with E-state index in [4.69, 9.17) is 4.74 Å². The minimum absolute atomic E-state index is 0.0688. The van der Waals surface area contributed by atoms with Crippen LogP contribution in [-0.2, 0) is 0 Å². The van der Waals surface area contributed by atoms with E-state index in [1.54, 1.807) is 12.1 Å². The summed E-state index contributed by atoms with van der Waals surface area (Å²) in [5.41, 5.74) is 2.17. The molecule has 2 aromatic rings. The molecule has 0 bridgehead atoms. The second kappa shape index (κ2) is 5.63. The van der Waals surface area contributed by atoms with Crippen molar-refractivity contribution in [3.05, 3.63) is 65.5 Å². The van der Waals surface area contributed by atoms with E-state index in [2.05, 4.69) is 18.3 Å². The molecule has 104 valence electrons. The number of fused-ring (bicyclic) bond motifs is 1. The summed E-state index contributed by atoms with van der Waals surface area (Å²) in [5.74, 6) is 0.961. The van der Waals surface area contributed by atoms with Gasteiger partial charge >= 0.3 is 0 Å². The van der Waals surface area contributed by atoms with Crippen molar-refractivity contribution < 1.29 is 9.13 Å². The van der Waals surface area contributed by atoms with Gasteiger partial charge in [0.25, 0.3) is 0 Å². The Balaban J connectivity index is 1.96. The molecule has 0 fully saturated rings. The number of likely N-dealkylation sites (N-methyl/N-ethyl adjacent to an activating group) is 1. The van der Waals surface area contributed by atoms with Gasteiger partial charge in [0.05, 0.1) is 6.61 Å². The van der Waals surface area contributed by atoms with Crippen LogP contribution in [0.1, 0.15) is 30.0 Å². The van der Waals surface area contributed by atoms with Crippen LogP contribution in [0.15, 0.2) is 48.5 Å². The van der Waals surface area contributed by atoms with Gasteiger partial charge in [0.15, 0.2) is 0 Å². The monoisotopic (exact) mass is 271 g/mol. The van der Waals surface area contributed by atoms with Crippen molar-refractivity contribution in [1.82, 2.24) is 5.32 Å². The summed E-state index contributed by atoms with van der Waals surface area (Å²) in [6, 6.07) is 15.0. The molecule has 0 saturated heterocycles. The highest BCUT2D eigenvalue weighted by Crippen LogP contribution is 2.41. The molecule has 2 atom stereocenters. The van der Waals surface area contributed by atoms with Crippen molar-refractivity contribution in [3.63, 3.8) is 0 Å². The summed E-state index contributed by atoms with van der Waals surface area (Å²) in [6.07, 6.45) is 0. The molecule has 1 aliphatic rings. The van der Waals surface area contributed by atoms with Crippen LogP contribution in [0.5, 0.6) is 5.75 Å². The lowest BCUT2D eigenvalue weighted by molar-refractivity contribution is 0.300. The number of nitrogens with one attached hydrogen (secondary N) is 1. The maximum Gasteiger partial charge on any atom is 0.123 e. The fraction of sp³-hybridized carbons (Fsp3) is 0.294. The zero-order valence-electron chi connectivity index (χ0n) is 11.5. The standard InChI is InChI=1S/C17H18FNO/c1-2-19-17(12-6-5-7-13(18)10-12)15-11-20-16-9-4-3-8-14(15)16/h3-10,15,17,19H,2,11H2,1H3. The Hall–Kier alpha value is -1.87. The third kappa shape index (κ3) is 2.41. The number of rotatable bonds is 4. The molecule has 0 radical (unpaired) electrons. The summed E-state index contributed by atoms with van der Waals surface area (Å²) in [4.78, 5) is 0. The molecule has 1 N–H and O–H groups in total. The third-order valence-corrected chi connectivity index (χ3v) is 3.77. The van der Waals surface area contributed by atoms with Crippen LogP contribution in [0.25, 0.3) is 0 Å². The SMILES string of the molecule is CCNC(c1cccc(F)c1)C1COc2ccccc21. The first-order valence-corrected chi connectivity index (χ1v) is 7.00. The van der Waals surface area contributed by atoms with Gasteiger partial charge in [0, 0.05) is 17.5 Å². The number of benzene rings is 2. The van der Waals surface area contributed by atoms with Gasteiger partial charge in [-0.25, -0.2) is 4.39 Å². The van der Waals surface area contributed by atoms with E-state index in [1.807, 2.05) is 24.3 Å². The van der Waals surface area contributed by atoms with Crippen LogP contribution < -0.4 is 10.1 Å². The quantitative estimate of drug-likeness (QED) is 0.916. The van der Waals surface area contributed by atoms with Crippen LogP contribution in [0.2, 0.25) is 0 Å². The maximum absolute atomic E-state index is 13.5. The highest BCUT2D eigenvalue weighted by molar-refractivity contribution is 5.42. The second-order valence-electron chi connectivity index (χ2n) is 5.05. The van der Waals surface area contributed by atoms with Crippen LogP contribution >= 0.6 is 0 Å². The van der Waals surface area contributed by atoms with E-state index in [0.29, 0.717) is 6.61 Å². The Morgan fingerprint density at radius 3 is 2.90 bits per heavy atom. The summed E-state index contributed by atoms with van der Waals surface area (Å²) in [5, 5.41) is 3.46. The van der Waals surface area contributed by atoms with E-state index >= 15 is 0 Å². The zero-order valence-corrected chi connectivity index (χ0v) is 11.5. The maximum atomic E-state index is 13.5. The lowest BCUT2D eigenvalue weighted by Gasteiger charge is -2.24. The van der Waals surface area contributed by atoms with Crippen molar-refractivity contribution in [2.45, 2.75) is 18.9 Å². The van der Waals surface area contributed by atoms with Crippen LogP contribution in [0.3, 0.4) is 0 Å². The van der Waals surface area contributed by atoms with Gasteiger partial charge in [-0.05, 0) is 30.3 Å². The lowest BCUT2D eigenvalue weighted by atomic mass is 9.88. The van der Waals surface area contributed by atoms with Crippen LogP contribution in [0, 0.1) is 5.82 Å². The predicted octanol–water partition coefficient (Wildman–Crippen LogP) is 3.65. The van der Waals surface area contributed by atoms with Gasteiger partial charge in [-0.1, -0.05) is 37.3 Å². The molecule has 1 heterocycles. The average molecular weight is 271 g/mol. The molecule has 0 spiro atoms. The highest BCUT2D eigenvalue weighted by atomic mass is 19.1. The second-order valence-corrected chi connectivity index (χ2v) is 5.05. The molecular weight excluding hydrogens is 253 g/mol. The van der Waals surface area contributed by atoms with Gasteiger partial charge in [-0.15, -0.1) is 0 Å². The number of para-hydroxylation sites is 1. The minimum Gasteiger partial charge on any atom is -0.493 e. The molecule has 2 nitrogen and oxygen atoms in total. The van der Waals surface area contributed by atoms with Crippen LogP contribution in [-0.4, -0.2) is 13.2 Å². The summed E-state index contributed by atoms with van der Waals surface area (Å²) in [6.45, 7) is 3.53. The van der Waals surface area contributed by atoms with Crippen molar-refractivity contribution in [2.75, 3.05) is 13.2 Å². The Morgan fingerprint density at radius 1 is 1.25 bits per heavy atom. The first kappa shape index (κ1) is 13.1. The van der Waals surface area contributed by atoms with Gasteiger partial charge in [-0.3, -0.25) is 0 Å². The Labute approximate surface area is 118 Å². The molecule has 1 aliphatic heterocycles. The molecule has 2 aromatic carbocycles. The van der Waals surface area contributed by atoms with Gasteiger partial charge < -0.3 is 10.1 Å². The number of hydrogen-bond donors (Lipinski definition) is 1. The normalized spacial score (nSPS) is 18.4. The van der Waals surface area contributed by atoms with Crippen molar-refractivity contribution in [2.24, 2.45) is 0 Å². The summed E-state index contributed by atoms with van der Waals surface area (Å²) in [7, 11) is 0. The summed E-state index contributed by atoms with van der Waals surface area (Å²) >= 11 is 0. The van der Waals surface area contributed by atoms with Crippen LogP contribution in [0.4, 0.5) is 4.39 Å². The zero-order chi connectivity index (χ0) is 13.9. The topological polar surface area (TPSA) is 21.3 Å². The fourth-order valence-electron chi connectivity index (χ4n) is 2.88. The molecule has 0 aliphatic carbocycles. The molecule has 0 amide bonds.